The zero-order valence-corrected chi connectivity index (χ0v) is 18.6. The Balaban J connectivity index is 2.38. The maximum Gasteiger partial charge on any atom is 0.169 e. The van der Waals surface area contributed by atoms with Gasteiger partial charge in [0.15, 0.2) is 5.60 Å². The van der Waals surface area contributed by atoms with Gasteiger partial charge in [0.2, 0.25) is 0 Å². The normalized spacial score (nSPS) is 16.2. The lowest BCUT2D eigenvalue weighted by atomic mass is 9.86. The van der Waals surface area contributed by atoms with E-state index in [4.69, 9.17) is 0 Å². The minimum Gasteiger partial charge on any atom is -0.370 e. The lowest BCUT2D eigenvalue weighted by Crippen LogP contribution is -2.31. The van der Waals surface area contributed by atoms with Crippen LogP contribution in [0.1, 0.15) is 37.8 Å². The quantitative estimate of drug-likeness (QED) is 0.480. The zero-order chi connectivity index (χ0) is 20.4. The monoisotopic (exact) mass is 386 g/mol. The fraction of sp³-hybridized carbons (Fsp3) is 0.308. The number of allylic oxidation sites excluding steroid dienone is 2. The van der Waals surface area contributed by atoms with E-state index < -0.39 is 13.7 Å². The molecule has 144 valence electrons. The van der Waals surface area contributed by atoms with Gasteiger partial charge in [0.05, 0.1) is 0 Å². The summed E-state index contributed by atoms with van der Waals surface area (Å²) in [5, 5.41) is 12.0. The predicted octanol–water partition coefficient (Wildman–Crippen LogP) is 6.34. The number of hydrogen-bond acceptors (Lipinski definition) is 1. The third-order valence-corrected chi connectivity index (χ3v) is 6.05. The van der Waals surface area contributed by atoms with Crippen molar-refractivity contribution in [1.82, 2.24) is 0 Å². The molecule has 0 atom stereocenters. The molecule has 28 heavy (non-hydrogen) atoms. The molecule has 0 spiro atoms. The van der Waals surface area contributed by atoms with E-state index in [9.17, 15) is 5.11 Å². The van der Waals surface area contributed by atoms with Crippen LogP contribution in [0, 0.1) is 11.5 Å². The first-order valence-corrected chi connectivity index (χ1v) is 13.7. The average molecular weight is 387 g/mol. The second kappa shape index (κ2) is 7.95. The highest BCUT2D eigenvalue weighted by atomic mass is 28.3. The van der Waals surface area contributed by atoms with Crippen molar-refractivity contribution in [2.75, 3.05) is 0 Å². The third-order valence-electron chi connectivity index (χ3n) is 5.18. The first-order valence-electron chi connectivity index (χ1n) is 10.2. The van der Waals surface area contributed by atoms with Gasteiger partial charge in [-0.3, -0.25) is 0 Å². The maximum atomic E-state index is 12.0. The molecular weight excluding hydrogens is 356 g/mol. The Morgan fingerprint density at radius 2 is 1.14 bits per heavy atom. The van der Waals surface area contributed by atoms with Crippen LogP contribution < -0.4 is 0 Å². The molecular formula is C26H30OSi. The summed E-state index contributed by atoms with van der Waals surface area (Å²) in [5.74, 6) is 3.35. The Morgan fingerprint density at radius 3 is 1.46 bits per heavy atom. The van der Waals surface area contributed by atoms with E-state index >= 15 is 0 Å². The number of rotatable bonds is 4. The highest BCUT2D eigenvalue weighted by molar-refractivity contribution is 6.83. The molecule has 0 amide bonds. The molecule has 0 fully saturated rings. The van der Waals surface area contributed by atoms with Crippen molar-refractivity contribution in [2.24, 2.45) is 0 Å². The molecule has 3 rings (SSSR count). The Morgan fingerprint density at radius 1 is 0.750 bits per heavy atom. The minimum absolute atomic E-state index is 0.765. The smallest absolute Gasteiger partial charge is 0.169 e. The first kappa shape index (κ1) is 20.4. The van der Waals surface area contributed by atoms with Crippen molar-refractivity contribution in [2.45, 2.75) is 51.9 Å². The number of benzene rings is 2. The summed E-state index contributed by atoms with van der Waals surface area (Å²) in [4.78, 5) is 0. The van der Waals surface area contributed by atoms with Gasteiger partial charge >= 0.3 is 0 Å². The van der Waals surface area contributed by atoms with Crippen LogP contribution in [-0.4, -0.2) is 18.8 Å². The van der Waals surface area contributed by atoms with Gasteiger partial charge in [-0.1, -0.05) is 100 Å². The molecule has 0 aliphatic heterocycles. The van der Waals surface area contributed by atoms with Crippen molar-refractivity contribution in [1.29, 1.82) is 0 Å². The largest absolute Gasteiger partial charge is 0.370 e. The van der Waals surface area contributed by atoms with Crippen LogP contribution >= 0.6 is 0 Å². The summed E-state index contributed by atoms with van der Waals surface area (Å²) in [6.45, 7) is 10.9. The van der Waals surface area contributed by atoms with Gasteiger partial charge in [0, 0.05) is 0 Å². The zero-order valence-electron chi connectivity index (χ0n) is 17.6. The Labute approximate surface area is 170 Å². The van der Waals surface area contributed by atoms with Crippen molar-refractivity contribution in [3.05, 3.63) is 82.9 Å². The molecule has 0 radical (unpaired) electrons. The van der Waals surface area contributed by atoms with Crippen LogP contribution in [0.2, 0.25) is 19.6 Å². The van der Waals surface area contributed by atoms with Crippen LogP contribution in [0.5, 0.6) is 0 Å². The third kappa shape index (κ3) is 3.78. The van der Waals surface area contributed by atoms with E-state index in [0.29, 0.717) is 0 Å². The van der Waals surface area contributed by atoms with E-state index in [2.05, 4.69) is 93.5 Å². The number of aliphatic hydroxyl groups is 1. The van der Waals surface area contributed by atoms with Gasteiger partial charge in [-0.25, -0.2) is 0 Å². The molecule has 0 saturated heterocycles. The molecule has 2 aromatic rings. The van der Waals surface area contributed by atoms with Crippen LogP contribution in [-0.2, 0) is 0 Å². The summed E-state index contributed by atoms with van der Waals surface area (Å²) in [6, 6.07) is 20.9. The molecule has 1 aliphatic rings. The minimum atomic E-state index is -1.63. The van der Waals surface area contributed by atoms with Gasteiger partial charge in [0.1, 0.15) is 8.07 Å². The fourth-order valence-electron chi connectivity index (χ4n) is 3.99. The molecule has 1 nitrogen and oxygen atoms in total. The summed E-state index contributed by atoms with van der Waals surface area (Å²) < 4.78 is 0. The summed E-state index contributed by atoms with van der Waals surface area (Å²) >= 11 is 0. The van der Waals surface area contributed by atoms with E-state index in [0.717, 1.165) is 46.3 Å². The van der Waals surface area contributed by atoms with E-state index in [-0.39, 0.29) is 0 Å². The predicted molar refractivity (Wildman–Crippen MR) is 123 cm³/mol. The van der Waals surface area contributed by atoms with Crippen molar-refractivity contribution in [3.63, 3.8) is 0 Å². The summed E-state index contributed by atoms with van der Waals surface area (Å²) in [5.41, 5.74) is 8.92. The van der Waals surface area contributed by atoms with Crippen molar-refractivity contribution < 1.29 is 5.11 Å². The molecule has 0 bridgehead atoms. The molecule has 2 aromatic carbocycles. The SMILES string of the molecule is CCC1=C(c2ccccc2)C(c2ccccc2)=C(CC)C1(O)C#C[Si](C)(C)C. The van der Waals surface area contributed by atoms with Gasteiger partial charge in [-0.2, -0.15) is 0 Å². The van der Waals surface area contributed by atoms with Crippen molar-refractivity contribution in [3.8, 4) is 11.5 Å². The van der Waals surface area contributed by atoms with Crippen LogP contribution in [0.3, 0.4) is 0 Å². The van der Waals surface area contributed by atoms with Crippen molar-refractivity contribution >= 4 is 19.2 Å². The molecule has 2 heteroatoms. The number of hydrogen-bond donors (Lipinski definition) is 1. The first-order chi connectivity index (χ1) is 13.3. The molecule has 1 aliphatic carbocycles. The van der Waals surface area contributed by atoms with Gasteiger partial charge in [0.25, 0.3) is 0 Å². The maximum absolute atomic E-state index is 12.0. The Kier molecular flexibility index (Phi) is 5.79. The van der Waals surface area contributed by atoms with Crippen LogP contribution in [0.4, 0.5) is 0 Å². The molecule has 0 aromatic heterocycles. The Bertz CT molecular complexity index is 900. The van der Waals surface area contributed by atoms with Gasteiger partial charge < -0.3 is 5.11 Å². The average Bonchev–Trinajstić information content (AvgIpc) is 2.95. The topological polar surface area (TPSA) is 20.2 Å². The standard InChI is InChI=1S/C26H30OSi/c1-6-22-24(20-14-10-8-11-15-20)25(21-16-12-9-13-17-21)23(7-2)26(22,27)18-19-28(3,4)5/h8-17,27H,6-7H2,1-5H3. The molecule has 0 heterocycles. The van der Waals surface area contributed by atoms with E-state index in [1.165, 1.54) is 0 Å². The summed E-state index contributed by atoms with van der Waals surface area (Å²) in [6.07, 6.45) is 1.53. The second-order valence-electron chi connectivity index (χ2n) is 8.36. The molecule has 1 N–H and O–H groups in total. The highest BCUT2D eigenvalue weighted by Gasteiger charge is 2.43. The second-order valence-corrected chi connectivity index (χ2v) is 13.1. The summed E-state index contributed by atoms with van der Waals surface area (Å²) in [7, 11) is -1.63. The molecule has 0 saturated carbocycles. The fourth-order valence-corrected chi connectivity index (χ4v) is 4.54. The van der Waals surface area contributed by atoms with E-state index in [1.807, 2.05) is 12.1 Å². The Hall–Kier alpha value is -2.34. The van der Waals surface area contributed by atoms with Crippen LogP contribution in [0.25, 0.3) is 11.1 Å². The van der Waals surface area contributed by atoms with E-state index in [1.54, 1.807) is 0 Å². The lowest BCUT2D eigenvalue weighted by molar-refractivity contribution is 0.176. The molecule has 0 unspecified atom stereocenters. The lowest BCUT2D eigenvalue weighted by Gasteiger charge is -2.25. The van der Waals surface area contributed by atoms with Crippen LogP contribution in [0.15, 0.2) is 71.8 Å². The van der Waals surface area contributed by atoms with Gasteiger partial charge in [-0.15, -0.1) is 5.54 Å². The highest BCUT2D eigenvalue weighted by Crippen LogP contribution is 2.51. The van der Waals surface area contributed by atoms with Gasteiger partial charge in [-0.05, 0) is 46.3 Å².